The first-order valence-electron chi connectivity index (χ1n) is 7.66. The maximum absolute atomic E-state index is 3.65. The number of rotatable bonds is 4. The van der Waals surface area contributed by atoms with Crippen molar-refractivity contribution < 1.29 is 0 Å². The molecule has 3 rings (SSSR count). The van der Waals surface area contributed by atoms with Crippen LogP contribution in [0.1, 0.15) is 50.5 Å². The Morgan fingerprint density at radius 3 is 2.72 bits per heavy atom. The summed E-state index contributed by atoms with van der Waals surface area (Å²) in [5.41, 5.74) is 1.58. The summed E-state index contributed by atoms with van der Waals surface area (Å²) in [6.45, 7) is 3.36. The van der Waals surface area contributed by atoms with Crippen LogP contribution >= 0.6 is 0 Å². The highest BCUT2D eigenvalue weighted by Crippen LogP contribution is 2.55. The highest BCUT2D eigenvalue weighted by atomic mass is 14.9. The molecule has 2 aliphatic rings. The second-order valence-corrected chi connectivity index (χ2v) is 6.10. The zero-order valence-electron chi connectivity index (χ0n) is 11.4. The molecule has 2 saturated carbocycles. The van der Waals surface area contributed by atoms with E-state index in [1.807, 2.05) is 0 Å². The first-order valence-corrected chi connectivity index (χ1v) is 7.66. The van der Waals surface area contributed by atoms with Gasteiger partial charge >= 0.3 is 0 Å². The standard InChI is InChI=1S/C17H25N/c1-2-18-15-10-6-9-14(11-15)17-12-16(17)13-7-4-3-5-8-13/h3-5,7-8,14-18H,2,6,9-12H2,1H3. The lowest BCUT2D eigenvalue weighted by molar-refractivity contribution is 0.261. The van der Waals surface area contributed by atoms with Crippen LogP contribution in [0.15, 0.2) is 30.3 Å². The summed E-state index contributed by atoms with van der Waals surface area (Å²) in [4.78, 5) is 0. The molecule has 0 spiro atoms. The van der Waals surface area contributed by atoms with Crippen LogP contribution in [0.25, 0.3) is 0 Å². The van der Waals surface area contributed by atoms with Crippen LogP contribution in [0.5, 0.6) is 0 Å². The number of nitrogens with one attached hydrogen (secondary N) is 1. The van der Waals surface area contributed by atoms with Gasteiger partial charge in [-0.15, -0.1) is 0 Å². The molecule has 18 heavy (non-hydrogen) atoms. The maximum atomic E-state index is 3.65. The van der Waals surface area contributed by atoms with E-state index in [0.717, 1.165) is 30.3 Å². The summed E-state index contributed by atoms with van der Waals surface area (Å²) < 4.78 is 0. The molecule has 4 unspecified atom stereocenters. The second kappa shape index (κ2) is 5.44. The Morgan fingerprint density at radius 2 is 1.94 bits per heavy atom. The fourth-order valence-corrected chi connectivity index (χ4v) is 3.91. The molecule has 98 valence electrons. The zero-order chi connectivity index (χ0) is 12.4. The number of hydrogen-bond donors (Lipinski definition) is 1. The summed E-state index contributed by atoms with van der Waals surface area (Å²) >= 11 is 0. The number of benzene rings is 1. The lowest BCUT2D eigenvalue weighted by atomic mass is 9.81. The Bertz CT molecular complexity index is 370. The van der Waals surface area contributed by atoms with Crippen LogP contribution in [0.3, 0.4) is 0 Å². The predicted octanol–water partition coefficient (Wildman–Crippen LogP) is 3.96. The van der Waals surface area contributed by atoms with Gasteiger partial charge in [-0.05, 0) is 49.1 Å². The highest BCUT2D eigenvalue weighted by molar-refractivity contribution is 5.26. The molecule has 0 aliphatic heterocycles. The topological polar surface area (TPSA) is 12.0 Å². The Morgan fingerprint density at radius 1 is 1.11 bits per heavy atom. The third kappa shape index (κ3) is 2.61. The third-order valence-corrected chi connectivity index (χ3v) is 4.88. The van der Waals surface area contributed by atoms with E-state index >= 15 is 0 Å². The first kappa shape index (κ1) is 12.2. The molecule has 0 amide bonds. The summed E-state index contributed by atoms with van der Waals surface area (Å²) in [5.74, 6) is 2.83. The molecular formula is C17H25N. The van der Waals surface area contributed by atoms with Crippen molar-refractivity contribution in [3.05, 3.63) is 35.9 Å². The van der Waals surface area contributed by atoms with Gasteiger partial charge in [0.15, 0.2) is 0 Å². The van der Waals surface area contributed by atoms with Gasteiger partial charge in [-0.1, -0.05) is 50.1 Å². The minimum atomic E-state index is 0.797. The van der Waals surface area contributed by atoms with Crippen molar-refractivity contribution in [2.45, 2.75) is 51.0 Å². The molecule has 0 heterocycles. The lowest BCUT2D eigenvalue weighted by Crippen LogP contribution is -2.34. The van der Waals surface area contributed by atoms with Crippen LogP contribution in [-0.4, -0.2) is 12.6 Å². The van der Waals surface area contributed by atoms with E-state index in [1.165, 1.54) is 32.1 Å². The van der Waals surface area contributed by atoms with Crippen molar-refractivity contribution in [2.75, 3.05) is 6.54 Å². The Labute approximate surface area is 111 Å². The molecule has 1 nitrogen and oxygen atoms in total. The van der Waals surface area contributed by atoms with E-state index < -0.39 is 0 Å². The molecular weight excluding hydrogens is 218 g/mol. The molecule has 1 N–H and O–H groups in total. The van der Waals surface area contributed by atoms with Gasteiger partial charge in [0.2, 0.25) is 0 Å². The first-order chi connectivity index (χ1) is 8.88. The lowest BCUT2D eigenvalue weighted by Gasteiger charge is -2.30. The van der Waals surface area contributed by atoms with Gasteiger partial charge in [0.25, 0.3) is 0 Å². The van der Waals surface area contributed by atoms with Crippen LogP contribution in [0.2, 0.25) is 0 Å². The Kier molecular flexibility index (Phi) is 3.69. The van der Waals surface area contributed by atoms with E-state index in [2.05, 4.69) is 42.6 Å². The second-order valence-electron chi connectivity index (χ2n) is 6.10. The van der Waals surface area contributed by atoms with Gasteiger partial charge in [-0.25, -0.2) is 0 Å². The van der Waals surface area contributed by atoms with Crippen LogP contribution in [-0.2, 0) is 0 Å². The van der Waals surface area contributed by atoms with Crippen molar-refractivity contribution in [1.82, 2.24) is 5.32 Å². The molecule has 0 saturated heterocycles. The quantitative estimate of drug-likeness (QED) is 0.844. The minimum Gasteiger partial charge on any atom is -0.314 e. The molecule has 1 aromatic rings. The maximum Gasteiger partial charge on any atom is 0.00696 e. The molecule has 0 bridgehead atoms. The fraction of sp³-hybridized carbons (Fsp3) is 0.647. The van der Waals surface area contributed by atoms with E-state index in [9.17, 15) is 0 Å². The van der Waals surface area contributed by atoms with Crippen LogP contribution in [0.4, 0.5) is 0 Å². The average Bonchev–Trinajstić information content (AvgIpc) is 3.21. The smallest absolute Gasteiger partial charge is 0.00696 e. The van der Waals surface area contributed by atoms with Crippen molar-refractivity contribution in [3.63, 3.8) is 0 Å². The summed E-state index contributed by atoms with van der Waals surface area (Å²) in [7, 11) is 0. The zero-order valence-corrected chi connectivity index (χ0v) is 11.4. The molecule has 0 aromatic heterocycles. The van der Waals surface area contributed by atoms with Gasteiger partial charge in [-0.3, -0.25) is 0 Å². The van der Waals surface area contributed by atoms with Crippen molar-refractivity contribution >= 4 is 0 Å². The van der Waals surface area contributed by atoms with E-state index in [0.29, 0.717) is 0 Å². The van der Waals surface area contributed by atoms with Gasteiger partial charge in [0.05, 0.1) is 0 Å². The molecule has 0 radical (unpaired) electrons. The SMILES string of the molecule is CCNC1CCCC(C2CC2c2ccccc2)C1. The average molecular weight is 243 g/mol. The Hall–Kier alpha value is -0.820. The molecule has 1 heteroatoms. The van der Waals surface area contributed by atoms with E-state index in [-0.39, 0.29) is 0 Å². The molecule has 4 atom stereocenters. The molecule has 2 fully saturated rings. The van der Waals surface area contributed by atoms with Crippen LogP contribution in [0, 0.1) is 11.8 Å². The summed E-state index contributed by atoms with van der Waals surface area (Å²) in [6.07, 6.45) is 7.15. The fourth-order valence-electron chi connectivity index (χ4n) is 3.91. The largest absolute Gasteiger partial charge is 0.314 e. The van der Waals surface area contributed by atoms with Crippen LogP contribution < -0.4 is 5.32 Å². The van der Waals surface area contributed by atoms with Crippen molar-refractivity contribution in [1.29, 1.82) is 0 Å². The highest BCUT2D eigenvalue weighted by Gasteiger charge is 2.44. The Balaban J connectivity index is 1.57. The monoisotopic (exact) mass is 243 g/mol. The van der Waals surface area contributed by atoms with E-state index in [4.69, 9.17) is 0 Å². The van der Waals surface area contributed by atoms with Gasteiger partial charge in [0, 0.05) is 6.04 Å². The van der Waals surface area contributed by atoms with Crippen molar-refractivity contribution in [2.24, 2.45) is 11.8 Å². The third-order valence-electron chi connectivity index (χ3n) is 4.88. The normalized spacial score (nSPS) is 35.4. The number of hydrogen-bond acceptors (Lipinski definition) is 1. The van der Waals surface area contributed by atoms with Gasteiger partial charge in [-0.2, -0.15) is 0 Å². The summed E-state index contributed by atoms with van der Waals surface area (Å²) in [5, 5.41) is 3.65. The van der Waals surface area contributed by atoms with Crippen molar-refractivity contribution in [3.8, 4) is 0 Å². The van der Waals surface area contributed by atoms with Gasteiger partial charge in [0.1, 0.15) is 0 Å². The minimum absolute atomic E-state index is 0.797. The van der Waals surface area contributed by atoms with E-state index in [1.54, 1.807) is 5.56 Å². The van der Waals surface area contributed by atoms with Gasteiger partial charge < -0.3 is 5.32 Å². The molecule has 2 aliphatic carbocycles. The summed E-state index contributed by atoms with van der Waals surface area (Å²) in [6, 6.07) is 11.9. The molecule has 1 aromatic carbocycles. The predicted molar refractivity (Wildman–Crippen MR) is 76.7 cm³/mol.